The van der Waals surface area contributed by atoms with Gasteiger partial charge in [0.2, 0.25) is 0 Å². The summed E-state index contributed by atoms with van der Waals surface area (Å²) in [4.78, 5) is 21.7. The number of fused-ring (bicyclic) bond motifs is 2. The molecule has 0 radical (unpaired) electrons. The van der Waals surface area contributed by atoms with Crippen LogP contribution in [0.5, 0.6) is 0 Å². The van der Waals surface area contributed by atoms with Crippen LogP contribution in [-0.4, -0.2) is 55.3 Å². The molecule has 2 aliphatic heterocycles. The molecule has 32 heavy (non-hydrogen) atoms. The molecule has 1 unspecified atom stereocenters. The summed E-state index contributed by atoms with van der Waals surface area (Å²) in [6, 6.07) is 16.9. The first-order chi connectivity index (χ1) is 15.4. The van der Waals surface area contributed by atoms with E-state index in [2.05, 4.69) is 9.88 Å². The van der Waals surface area contributed by atoms with Crippen molar-refractivity contribution < 1.29 is 13.2 Å². The quantitative estimate of drug-likeness (QED) is 0.603. The highest BCUT2D eigenvalue weighted by Crippen LogP contribution is 2.39. The fraction of sp³-hybridized carbons (Fsp3) is 0.280. The molecule has 0 saturated carbocycles. The number of piperazine rings is 1. The van der Waals surface area contributed by atoms with Gasteiger partial charge in [-0.2, -0.15) is 0 Å². The second kappa shape index (κ2) is 8.15. The molecule has 0 spiro atoms. The Morgan fingerprint density at radius 1 is 0.938 bits per heavy atom. The van der Waals surface area contributed by atoms with Gasteiger partial charge in [-0.15, -0.1) is 0 Å². The second-order valence-corrected chi connectivity index (χ2v) is 10.4. The summed E-state index contributed by atoms with van der Waals surface area (Å²) in [5, 5.41) is 0. The van der Waals surface area contributed by atoms with E-state index in [4.69, 9.17) is 0 Å². The lowest BCUT2D eigenvalue weighted by molar-refractivity contribution is 0.0595. The minimum atomic E-state index is -3.43. The predicted octanol–water partition coefficient (Wildman–Crippen LogP) is 3.22. The van der Waals surface area contributed by atoms with Gasteiger partial charge >= 0.3 is 0 Å². The number of sulfone groups is 1. The van der Waals surface area contributed by atoms with E-state index in [0.717, 1.165) is 22.3 Å². The van der Waals surface area contributed by atoms with E-state index in [0.29, 0.717) is 36.6 Å². The summed E-state index contributed by atoms with van der Waals surface area (Å²) < 4.78 is 26.3. The Kier molecular flexibility index (Phi) is 5.31. The van der Waals surface area contributed by atoms with Crippen LogP contribution in [-0.2, 0) is 15.6 Å². The van der Waals surface area contributed by atoms with Crippen LogP contribution in [0.3, 0.4) is 0 Å². The van der Waals surface area contributed by atoms with Crippen molar-refractivity contribution in [2.45, 2.75) is 23.6 Å². The number of benzene rings is 2. The maximum Gasteiger partial charge on any atom is 0.255 e. The topological polar surface area (TPSA) is 70.6 Å². The van der Waals surface area contributed by atoms with Gasteiger partial charge in [-0.25, -0.2) is 8.42 Å². The molecule has 1 aromatic heterocycles. The molecule has 2 aliphatic rings. The number of nitrogens with zero attached hydrogens (tertiary/aromatic N) is 3. The van der Waals surface area contributed by atoms with E-state index in [9.17, 15) is 13.2 Å². The molecule has 3 heterocycles. The average molecular weight is 448 g/mol. The maximum absolute atomic E-state index is 13.1. The normalized spacial score (nSPS) is 20.2. The number of rotatable bonds is 2. The zero-order valence-corrected chi connectivity index (χ0v) is 18.8. The van der Waals surface area contributed by atoms with Crippen molar-refractivity contribution in [1.29, 1.82) is 0 Å². The molecule has 1 fully saturated rings. The number of aryl methyl sites for hydroxylation is 1. The molecule has 2 aromatic carbocycles. The summed E-state index contributed by atoms with van der Waals surface area (Å²) in [7, 11) is -3.43. The van der Waals surface area contributed by atoms with E-state index >= 15 is 0 Å². The Balaban J connectivity index is 1.46. The molecule has 6 nitrogen and oxygen atoms in total. The minimum Gasteiger partial charge on any atom is -0.336 e. The smallest absolute Gasteiger partial charge is 0.255 e. The predicted molar refractivity (Wildman–Crippen MR) is 122 cm³/mol. The molecule has 1 amide bonds. The summed E-state index contributed by atoms with van der Waals surface area (Å²) in [5.74, 6) is 0.000249. The van der Waals surface area contributed by atoms with Gasteiger partial charge in [0, 0.05) is 38.6 Å². The van der Waals surface area contributed by atoms with Crippen LogP contribution in [0.25, 0.3) is 0 Å². The first-order valence-corrected chi connectivity index (χ1v) is 12.4. The minimum absolute atomic E-state index is 0.00917. The zero-order valence-electron chi connectivity index (χ0n) is 17.9. The molecule has 0 N–H and O–H groups in total. The molecule has 5 rings (SSSR count). The van der Waals surface area contributed by atoms with Crippen LogP contribution in [0.1, 0.15) is 38.7 Å². The third-order valence-electron chi connectivity index (χ3n) is 6.33. The van der Waals surface area contributed by atoms with E-state index < -0.39 is 9.84 Å². The van der Waals surface area contributed by atoms with Crippen molar-refractivity contribution in [3.63, 3.8) is 0 Å². The lowest BCUT2D eigenvalue weighted by atomic mass is 9.93. The number of aromatic nitrogens is 1. The Labute approximate surface area is 188 Å². The van der Waals surface area contributed by atoms with Crippen molar-refractivity contribution in [2.75, 3.05) is 26.2 Å². The summed E-state index contributed by atoms with van der Waals surface area (Å²) in [6.45, 7) is 4.42. The van der Waals surface area contributed by atoms with E-state index in [-0.39, 0.29) is 17.7 Å². The summed E-state index contributed by atoms with van der Waals surface area (Å²) >= 11 is 0. The number of hydrogen-bond acceptors (Lipinski definition) is 5. The van der Waals surface area contributed by atoms with Crippen molar-refractivity contribution in [2.24, 2.45) is 0 Å². The van der Waals surface area contributed by atoms with Gasteiger partial charge in [0.05, 0.1) is 22.3 Å². The van der Waals surface area contributed by atoms with Crippen molar-refractivity contribution in [3.8, 4) is 0 Å². The Bertz CT molecular complexity index is 1280. The van der Waals surface area contributed by atoms with Crippen LogP contribution < -0.4 is 0 Å². The molecular formula is C25H25N3O3S. The molecule has 0 bridgehead atoms. The van der Waals surface area contributed by atoms with Gasteiger partial charge in [0.25, 0.3) is 5.91 Å². The second-order valence-electron chi connectivity index (χ2n) is 8.48. The molecule has 164 valence electrons. The van der Waals surface area contributed by atoms with Crippen LogP contribution in [0.2, 0.25) is 0 Å². The largest absolute Gasteiger partial charge is 0.336 e. The van der Waals surface area contributed by atoms with Crippen LogP contribution >= 0.6 is 0 Å². The Morgan fingerprint density at radius 2 is 1.62 bits per heavy atom. The van der Waals surface area contributed by atoms with Gasteiger partial charge in [0.15, 0.2) is 9.84 Å². The number of pyridine rings is 1. The molecule has 1 saturated heterocycles. The van der Waals surface area contributed by atoms with Gasteiger partial charge in [-0.3, -0.25) is 14.7 Å². The fourth-order valence-corrected chi connectivity index (χ4v) is 6.46. The van der Waals surface area contributed by atoms with E-state index in [1.807, 2.05) is 54.3 Å². The first-order valence-electron chi connectivity index (χ1n) is 10.8. The fourth-order valence-electron chi connectivity index (χ4n) is 4.80. The standard InChI is InChI=1S/C25H25N3O3S/c1-18-14-20(16-26-15-18)25(29)28-12-10-27(11-13-28)24-21-7-3-2-6-19(21)17-32(30,31)23-9-5-4-8-22(23)24/h2-9,14-16,24H,10-13,17H2,1H3. The SMILES string of the molecule is Cc1cncc(C(=O)N2CCN(C3c4ccccc4CS(=O)(=O)c4ccccc43)CC2)c1. The Morgan fingerprint density at radius 3 is 2.38 bits per heavy atom. The third-order valence-corrected chi connectivity index (χ3v) is 8.07. The van der Waals surface area contributed by atoms with Gasteiger partial charge < -0.3 is 4.90 Å². The monoisotopic (exact) mass is 447 g/mol. The van der Waals surface area contributed by atoms with Crippen molar-refractivity contribution >= 4 is 15.7 Å². The molecular weight excluding hydrogens is 422 g/mol. The zero-order chi connectivity index (χ0) is 22.3. The lowest BCUT2D eigenvalue weighted by Gasteiger charge is -2.40. The third kappa shape index (κ3) is 3.72. The maximum atomic E-state index is 13.1. The van der Waals surface area contributed by atoms with E-state index in [1.165, 1.54) is 0 Å². The van der Waals surface area contributed by atoms with Crippen LogP contribution in [0.15, 0.2) is 71.9 Å². The number of amides is 1. The summed E-state index contributed by atoms with van der Waals surface area (Å²) in [6.07, 6.45) is 3.36. The molecule has 7 heteroatoms. The van der Waals surface area contributed by atoms with Crippen LogP contribution in [0, 0.1) is 6.92 Å². The van der Waals surface area contributed by atoms with Crippen molar-refractivity contribution in [1.82, 2.24) is 14.8 Å². The van der Waals surface area contributed by atoms with Crippen LogP contribution in [0.4, 0.5) is 0 Å². The Hall–Kier alpha value is -3.03. The number of carbonyl (C=O) groups excluding carboxylic acids is 1. The van der Waals surface area contributed by atoms with Gasteiger partial charge in [0.1, 0.15) is 0 Å². The number of carbonyl (C=O) groups is 1. The highest BCUT2D eigenvalue weighted by Gasteiger charge is 2.36. The molecule has 0 aliphatic carbocycles. The highest BCUT2D eigenvalue weighted by molar-refractivity contribution is 7.90. The lowest BCUT2D eigenvalue weighted by Crippen LogP contribution is -2.50. The van der Waals surface area contributed by atoms with Crippen molar-refractivity contribution in [3.05, 3.63) is 94.8 Å². The van der Waals surface area contributed by atoms with E-state index in [1.54, 1.807) is 24.5 Å². The van der Waals surface area contributed by atoms with Gasteiger partial charge in [-0.05, 0) is 41.3 Å². The average Bonchev–Trinajstić information content (AvgIpc) is 2.90. The molecule has 1 atom stereocenters. The number of hydrogen-bond donors (Lipinski definition) is 0. The summed E-state index contributed by atoms with van der Waals surface area (Å²) in [5.41, 5.74) is 4.26. The first kappa shape index (κ1) is 20.8. The van der Waals surface area contributed by atoms with Gasteiger partial charge in [-0.1, -0.05) is 42.5 Å². The highest BCUT2D eigenvalue weighted by atomic mass is 32.2. The molecule has 3 aromatic rings.